The lowest BCUT2D eigenvalue weighted by molar-refractivity contribution is -0.134. The highest BCUT2D eigenvalue weighted by atomic mass is 16.2. The molecule has 1 aliphatic carbocycles. The first kappa shape index (κ1) is 13.9. The van der Waals surface area contributed by atoms with E-state index in [0.717, 1.165) is 44.7 Å². The number of amides is 1. The van der Waals surface area contributed by atoms with Crippen molar-refractivity contribution in [3.05, 3.63) is 0 Å². The molecule has 2 N–H and O–H groups in total. The highest BCUT2D eigenvalue weighted by molar-refractivity contribution is 5.76. The second-order valence-corrected chi connectivity index (χ2v) is 6.58. The molecule has 0 radical (unpaired) electrons. The Bertz CT molecular complexity index is 292. The van der Waals surface area contributed by atoms with Crippen LogP contribution in [0, 0.1) is 17.8 Å². The van der Waals surface area contributed by atoms with Crippen molar-refractivity contribution >= 4 is 5.91 Å². The molecule has 0 bridgehead atoms. The molecule has 4 unspecified atom stereocenters. The van der Waals surface area contributed by atoms with Gasteiger partial charge in [0.25, 0.3) is 0 Å². The van der Waals surface area contributed by atoms with E-state index in [2.05, 4.69) is 18.7 Å². The second-order valence-electron chi connectivity index (χ2n) is 6.58. The zero-order chi connectivity index (χ0) is 13.1. The van der Waals surface area contributed by atoms with Gasteiger partial charge in [-0.05, 0) is 43.4 Å². The molecule has 18 heavy (non-hydrogen) atoms. The first-order chi connectivity index (χ1) is 8.56. The fourth-order valence-electron chi connectivity index (χ4n) is 3.38. The third-order valence-corrected chi connectivity index (χ3v) is 4.97. The van der Waals surface area contributed by atoms with Gasteiger partial charge in [0.1, 0.15) is 0 Å². The Kier molecular flexibility index (Phi) is 4.66. The fraction of sp³-hybridized carbons (Fsp3) is 0.933. The number of nitrogens with two attached hydrogens (primary N) is 1. The van der Waals surface area contributed by atoms with Gasteiger partial charge in [-0.2, -0.15) is 0 Å². The average molecular weight is 252 g/mol. The minimum atomic E-state index is 0.330. The fourth-order valence-corrected chi connectivity index (χ4v) is 3.38. The van der Waals surface area contributed by atoms with E-state index in [9.17, 15) is 4.79 Å². The molecule has 1 amide bonds. The van der Waals surface area contributed by atoms with Crippen LogP contribution >= 0.6 is 0 Å². The summed E-state index contributed by atoms with van der Waals surface area (Å²) < 4.78 is 0. The number of hydrogen-bond donors (Lipinski definition) is 1. The van der Waals surface area contributed by atoms with Crippen molar-refractivity contribution in [1.29, 1.82) is 0 Å². The van der Waals surface area contributed by atoms with Crippen LogP contribution in [-0.2, 0) is 4.79 Å². The number of piperidine rings is 1. The first-order valence-corrected chi connectivity index (χ1v) is 7.59. The van der Waals surface area contributed by atoms with Crippen molar-refractivity contribution < 1.29 is 4.79 Å². The Balaban J connectivity index is 1.80. The molecule has 1 saturated carbocycles. The maximum absolute atomic E-state index is 12.3. The molecule has 1 saturated heterocycles. The summed E-state index contributed by atoms with van der Waals surface area (Å²) in [5.41, 5.74) is 5.99. The summed E-state index contributed by atoms with van der Waals surface area (Å²) >= 11 is 0. The molecule has 0 aromatic heterocycles. The molecule has 4 atom stereocenters. The smallest absolute Gasteiger partial charge is 0.222 e. The molecule has 1 aliphatic heterocycles. The van der Waals surface area contributed by atoms with Crippen molar-refractivity contribution in [2.45, 2.75) is 58.4 Å². The van der Waals surface area contributed by atoms with Crippen molar-refractivity contribution in [2.75, 3.05) is 13.1 Å². The van der Waals surface area contributed by atoms with Crippen molar-refractivity contribution in [3.63, 3.8) is 0 Å². The standard InChI is InChI=1S/C15H28N2O/c1-11-6-7-17(10-12(11)2)15(18)9-13-4-3-5-14(16)8-13/h11-14H,3-10,16H2,1-2H3. The summed E-state index contributed by atoms with van der Waals surface area (Å²) in [6.45, 7) is 6.48. The van der Waals surface area contributed by atoms with Crippen LogP contribution in [0.2, 0.25) is 0 Å². The summed E-state index contributed by atoms with van der Waals surface area (Å²) in [6.07, 6.45) is 6.48. The Morgan fingerprint density at radius 1 is 1.22 bits per heavy atom. The molecule has 2 fully saturated rings. The normalized spacial score (nSPS) is 37.6. The van der Waals surface area contributed by atoms with Crippen molar-refractivity contribution in [2.24, 2.45) is 23.5 Å². The molecule has 0 spiro atoms. The molecular formula is C15H28N2O. The van der Waals surface area contributed by atoms with Crippen LogP contribution in [0.4, 0.5) is 0 Å². The molecule has 0 aromatic carbocycles. The zero-order valence-corrected chi connectivity index (χ0v) is 11.9. The molecule has 3 nitrogen and oxygen atoms in total. The van der Waals surface area contributed by atoms with Gasteiger partial charge in [0.05, 0.1) is 0 Å². The summed E-state index contributed by atoms with van der Waals surface area (Å²) in [6, 6.07) is 0.330. The average Bonchev–Trinajstić information content (AvgIpc) is 2.32. The molecule has 2 aliphatic rings. The third kappa shape index (κ3) is 3.47. The summed E-state index contributed by atoms with van der Waals surface area (Å²) in [5.74, 6) is 2.32. The molecule has 3 heteroatoms. The Hall–Kier alpha value is -0.570. The van der Waals surface area contributed by atoms with Gasteiger partial charge in [-0.15, -0.1) is 0 Å². The van der Waals surface area contributed by atoms with Gasteiger partial charge < -0.3 is 10.6 Å². The number of carbonyl (C=O) groups is 1. The van der Waals surface area contributed by atoms with E-state index in [1.165, 1.54) is 12.8 Å². The summed E-state index contributed by atoms with van der Waals surface area (Å²) in [7, 11) is 0. The minimum Gasteiger partial charge on any atom is -0.342 e. The van der Waals surface area contributed by atoms with Crippen molar-refractivity contribution in [1.82, 2.24) is 4.90 Å². The summed E-state index contributed by atoms with van der Waals surface area (Å²) in [4.78, 5) is 14.4. The van der Waals surface area contributed by atoms with Gasteiger partial charge in [0.15, 0.2) is 0 Å². The van der Waals surface area contributed by atoms with Crippen LogP contribution in [0.15, 0.2) is 0 Å². The molecule has 1 heterocycles. The van der Waals surface area contributed by atoms with Gasteiger partial charge >= 0.3 is 0 Å². The minimum absolute atomic E-state index is 0.330. The number of likely N-dealkylation sites (tertiary alicyclic amines) is 1. The number of hydrogen-bond acceptors (Lipinski definition) is 2. The van der Waals surface area contributed by atoms with E-state index >= 15 is 0 Å². The lowest BCUT2D eigenvalue weighted by Crippen LogP contribution is -2.43. The van der Waals surface area contributed by atoms with Crippen LogP contribution in [0.3, 0.4) is 0 Å². The highest BCUT2D eigenvalue weighted by Crippen LogP contribution is 2.28. The lowest BCUT2D eigenvalue weighted by Gasteiger charge is -2.36. The van der Waals surface area contributed by atoms with Gasteiger partial charge in [0, 0.05) is 25.6 Å². The van der Waals surface area contributed by atoms with E-state index in [0.29, 0.717) is 23.8 Å². The van der Waals surface area contributed by atoms with Crippen LogP contribution in [0.25, 0.3) is 0 Å². The number of nitrogens with zero attached hydrogens (tertiary/aromatic N) is 1. The van der Waals surface area contributed by atoms with Crippen LogP contribution in [0.5, 0.6) is 0 Å². The van der Waals surface area contributed by atoms with Gasteiger partial charge in [-0.1, -0.05) is 20.3 Å². The lowest BCUT2D eigenvalue weighted by atomic mass is 9.83. The van der Waals surface area contributed by atoms with Crippen LogP contribution < -0.4 is 5.73 Å². The Morgan fingerprint density at radius 3 is 2.67 bits per heavy atom. The van der Waals surface area contributed by atoms with E-state index in [1.807, 2.05) is 0 Å². The second kappa shape index (κ2) is 6.05. The number of rotatable bonds is 2. The van der Waals surface area contributed by atoms with E-state index in [4.69, 9.17) is 5.73 Å². The van der Waals surface area contributed by atoms with E-state index < -0.39 is 0 Å². The monoisotopic (exact) mass is 252 g/mol. The largest absolute Gasteiger partial charge is 0.342 e. The topological polar surface area (TPSA) is 46.3 Å². The molecule has 104 valence electrons. The predicted molar refractivity (Wildman–Crippen MR) is 74.1 cm³/mol. The van der Waals surface area contributed by atoms with Crippen LogP contribution in [0.1, 0.15) is 52.4 Å². The van der Waals surface area contributed by atoms with E-state index in [1.54, 1.807) is 0 Å². The SMILES string of the molecule is CC1CCN(C(=O)CC2CCCC(N)C2)CC1C. The summed E-state index contributed by atoms with van der Waals surface area (Å²) in [5, 5.41) is 0. The van der Waals surface area contributed by atoms with Crippen LogP contribution in [-0.4, -0.2) is 29.9 Å². The Morgan fingerprint density at radius 2 is 2.00 bits per heavy atom. The quantitative estimate of drug-likeness (QED) is 0.820. The van der Waals surface area contributed by atoms with Gasteiger partial charge in [0.2, 0.25) is 5.91 Å². The van der Waals surface area contributed by atoms with Gasteiger partial charge in [-0.25, -0.2) is 0 Å². The third-order valence-electron chi connectivity index (χ3n) is 4.97. The first-order valence-electron chi connectivity index (χ1n) is 7.59. The maximum atomic E-state index is 12.3. The molecular weight excluding hydrogens is 224 g/mol. The van der Waals surface area contributed by atoms with Gasteiger partial charge in [-0.3, -0.25) is 4.79 Å². The molecule has 2 rings (SSSR count). The Labute approximate surface area is 111 Å². The van der Waals surface area contributed by atoms with E-state index in [-0.39, 0.29) is 0 Å². The predicted octanol–water partition coefficient (Wildman–Crippen LogP) is 2.40. The number of carbonyl (C=O) groups excluding carboxylic acids is 1. The van der Waals surface area contributed by atoms with Crippen molar-refractivity contribution in [3.8, 4) is 0 Å². The maximum Gasteiger partial charge on any atom is 0.222 e. The highest BCUT2D eigenvalue weighted by Gasteiger charge is 2.28. The zero-order valence-electron chi connectivity index (χ0n) is 11.9. The molecule has 0 aromatic rings.